The van der Waals surface area contributed by atoms with Gasteiger partial charge in [-0.15, -0.1) is 0 Å². The van der Waals surface area contributed by atoms with Crippen LogP contribution >= 0.6 is 0 Å². The van der Waals surface area contributed by atoms with E-state index in [1.165, 1.54) is 5.56 Å². The van der Waals surface area contributed by atoms with E-state index in [-0.39, 0.29) is 23.0 Å². The number of aromatic nitrogens is 2. The minimum Gasteiger partial charge on any atom is -0.493 e. The molecular formula is C38H46N4O5. The molecule has 1 atom stereocenters. The predicted molar refractivity (Wildman–Crippen MR) is 183 cm³/mol. The summed E-state index contributed by atoms with van der Waals surface area (Å²) in [6.45, 7) is 6.90. The van der Waals surface area contributed by atoms with Gasteiger partial charge in [0.05, 0.1) is 32.4 Å². The SMILES string of the molecule is CCCn1c(C(=O)C2CCN(CCC3(c4ccccc4)CCN(C(=O)c4cc(OC)c(OC)c(OC)c4)C3)CC2)nc2ccccc21. The minimum atomic E-state index is -0.157. The highest BCUT2D eigenvalue weighted by Gasteiger charge is 2.42. The van der Waals surface area contributed by atoms with Crippen molar-refractivity contribution in [2.75, 3.05) is 54.1 Å². The maximum Gasteiger partial charge on any atom is 0.254 e. The number of hydrogen-bond donors (Lipinski definition) is 0. The number of rotatable bonds is 12. The Balaban J connectivity index is 1.13. The van der Waals surface area contributed by atoms with Crippen LogP contribution in [0.3, 0.4) is 0 Å². The Kier molecular flexibility index (Phi) is 9.82. The van der Waals surface area contributed by atoms with E-state index in [0.717, 1.165) is 69.3 Å². The van der Waals surface area contributed by atoms with Crippen LogP contribution in [0.15, 0.2) is 66.7 Å². The van der Waals surface area contributed by atoms with Crippen molar-refractivity contribution in [3.05, 3.63) is 83.7 Å². The van der Waals surface area contributed by atoms with Crippen molar-refractivity contribution >= 4 is 22.7 Å². The standard InChI is InChI=1S/C38H46N4O5/c1-5-19-42-31-14-10-9-13-30(31)39-36(42)34(43)27-15-20-40(21-16-27)22-17-38(29-11-7-6-8-12-29)18-23-41(26-38)37(44)28-24-32(45-2)35(47-4)33(25-28)46-3/h6-14,24-25,27H,5,15-23,26H2,1-4H3. The number of carbonyl (C=O) groups excluding carboxylic acids is 2. The molecule has 2 saturated heterocycles. The van der Waals surface area contributed by atoms with Gasteiger partial charge in [0.25, 0.3) is 5.91 Å². The van der Waals surface area contributed by atoms with Gasteiger partial charge >= 0.3 is 0 Å². The van der Waals surface area contributed by atoms with Crippen molar-refractivity contribution in [2.45, 2.75) is 51.0 Å². The van der Waals surface area contributed by atoms with E-state index in [4.69, 9.17) is 19.2 Å². The number of nitrogens with zero attached hydrogens (tertiary/aromatic N) is 4. The van der Waals surface area contributed by atoms with E-state index >= 15 is 0 Å². The molecule has 2 aliphatic rings. The number of methoxy groups -OCH3 is 3. The van der Waals surface area contributed by atoms with Crippen LogP contribution in [0.25, 0.3) is 11.0 Å². The number of imidazole rings is 1. The molecule has 2 aliphatic heterocycles. The largest absolute Gasteiger partial charge is 0.493 e. The van der Waals surface area contributed by atoms with E-state index in [1.54, 1.807) is 33.5 Å². The van der Waals surface area contributed by atoms with Gasteiger partial charge in [-0.25, -0.2) is 4.98 Å². The summed E-state index contributed by atoms with van der Waals surface area (Å²) in [5.74, 6) is 2.12. The van der Waals surface area contributed by atoms with Crippen LogP contribution in [0.5, 0.6) is 17.2 Å². The second-order valence-corrected chi connectivity index (χ2v) is 12.8. The van der Waals surface area contributed by atoms with Gasteiger partial charge in [0.1, 0.15) is 0 Å². The van der Waals surface area contributed by atoms with Crippen LogP contribution in [-0.2, 0) is 12.0 Å². The molecule has 1 amide bonds. The van der Waals surface area contributed by atoms with Gasteiger partial charge in [-0.2, -0.15) is 0 Å². The molecular weight excluding hydrogens is 592 g/mol. The highest BCUT2D eigenvalue weighted by atomic mass is 16.5. The Morgan fingerprint density at radius 3 is 2.21 bits per heavy atom. The number of ether oxygens (including phenoxy) is 3. The molecule has 248 valence electrons. The fourth-order valence-corrected chi connectivity index (χ4v) is 7.50. The van der Waals surface area contributed by atoms with Crippen molar-refractivity contribution in [1.82, 2.24) is 19.4 Å². The average molecular weight is 639 g/mol. The first-order valence-electron chi connectivity index (χ1n) is 16.8. The van der Waals surface area contributed by atoms with Crippen molar-refractivity contribution in [3.8, 4) is 17.2 Å². The first-order valence-corrected chi connectivity index (χ1v) is 16.8. The lowest BCUT2D eigenvalue weighted by Gasteiger charge is -2.36. The number of piperidine rings is 1. The summed E-state index contributed by atoms with van der Waals surface area (Å²) in [5.41, 5.74) is 3.55. The van der Waals surface area contributed by atoms with Crippen molar-refractivity contribution in [1.29, 1.82) is 0 Å². The number of carbonyl (C=O) groups is 2. The fraction of sp³-hybridized carbons (Fsp3) is 0.447. The number of ketones is 1. The number of aryl methyl sites for hydroxylation is 1. The van der Waals surface area contributed by atoms with Crippen LogP contribution in [0, 0.1) is 5.92 Å². The van der Waals surface area contributed by atoms with Gasteiger partial charge in [0.2, 0.25) is 11.5 Å². The van der Waals surface area contributed by atoms with E-state index in [1.807, 2.05) is 29.2 Å². The van der Waals surface area contributed by atoms with E-state index in [0.29, 0.717) is 41.7 Å². The molecule has 9 nitrogen and oxygen atoms in total. The number of Topliss-reactive ketones (excluding diaryl/α,β-unsaturated/α-hetero) is 1. The fourth-order valence-electron chi connectivity index (χ4n) is 7.50. The molecule has 1 unspecified atom stereocenters. The molecule has 9 heteroatoms. The molecule has 6 rings (SSSR count). The molecule has 2 fully saturated rings. The maximum atomic E-state index is 13.9. The Morgan fingerprint density at radius 2 is 1.55 bits per heavy atom. The summed E-state index contributed by atoms with van der Waals surface area (Å²) in [4.78, 5) is 36.8. The zero-order chi connectivity index (χ0) is 33.0. The average Bonchev–Trinajstić information content (AvgIpc) is 3.73. The molecule has 4 aromatic rings. The third-order valence-corrected chi connectivity index (χ3v) is 10.1. The predicted octanol–water partition coefficient (Wildman–Crippen LogP) is 6.24. The van der Waals surface area contributed by atoms with E-state index < -0.39 is 0 Å². The monoisotopic (exact) mass is 638 g/mol. The second kappa shape index (κ2) is 14.2. The Bertz CT molecular complexity index is 1690. The summed E-state index contributed by atoms with van der Waals surface area (Å²) in [6, 6.07) is 22.1. The van der Waals surface area contributed by atoms with Crippen LogP contribution in [-0.4, -0.2) is 85.1 Å². The molecule has 0 N–H and O–H groups in total. The topological polar surface area (TPSA) is 86.1 Å². The minimum absolute atomic E-state index is 0.0141. The van der Waals surface area contributed by atoms with Gasteiger partial charge in [-0.3, -0.25) is 9.59 Å². The lowest BCUT2D eigenvalue weighted by atomic mass is 9.76. The lowest BCUT2D eigenvalue weighted by molar-refractivity contribution is 0.0777. The smallest absolute Gasteiger partial charge is 0.254 e. The first kappa shape index (κ1) is 32.6. The van der Waals surface area contributed by atoms with E-state index in [2.05, 4.69) is 46.7 Å². The van der Waals surface area contributed by atoms with Crippen molar-refractivity contribution in [3.63, 3.8) is 0 Å². The summed E-state index contributed by atoms with van der Waals surface area (Å²) in [7, 11) is 4.68. The molecule has 47 heavy (non-hydrogen) atoms. The molecule has 0 spiro atoms. The number of benzene rings is 3. The van der Waals surface area contributed by atoms with Crippen molar-refractivity contribution < 1.29 is 23.8 Å². The quantitative estimate of drug-likeness (QED) is 0.170. The summed E-state index contributed by atoms with van der Waals surface area (Å²) in [5, 5.41) is 0. The Hall–Kier alpha value is -4.37. The van der Waals surface area contributed by atoms with Crippen LogP contribution in [0.1, 0.15) is 65.6 Å². The molecule has 1 aromatic heterocycles. The van der Waals surface area contributed by atoms with Gasteiger partial charge in [-0.05, 0) is 81.6 Å². The first-order chi connectivity index (χ1) is 22.9. The molecule has 0 saturated carbocycles. The zero-order valence-electron chi connectivity index (χ0n) is 28.0. The Labute approximate surface area is 277 Å². The summed E-state index contributed by atoms with van der Waals surface area (Å²) < 4.78 is 18.6. The lowest BCUT2D eigenvalue weighted by Crippen LogP contribution is -2.41. The third-order valence-electron chi connectivity index (χ3n) is 10.1. The van der Waals surface area contributed by atoms with Gasteiger partial charge < -0.3 is 28.6 Å². The van der Waals surface area contributed by atoms with Crippen LogP contribution < -0.4 is 14.2 Å². The summed E-state index contributed by atoms with van der Waals surface area (Å²) in [6.07, 6.45) is 4.43. The van der Waals surface area contributed by atoms with E-state index in [9.17, 15) is 9.59 Å². The van der Waals surface area contributed by atoms with Gasteiger partial charge in [0, 0.05) is 36.5 Å². The second-order valence-electron chi connectivity index (χ2n) is 12.8. The number of hydrogen-bond acceptors (Lipinski definition) is 7. The number of likely N-dealkylation sites (tertiary alicyclic amines) is 2. The zero-order valence-corrected chi connectivity index (χ0v) is 28.0. The molecule has 0 bridgehead atoms. The molecule has 3 heterocycles. The number of fused-ring (bicyclic) bond motifs is 1. The molecule has 3 aromatic carbocycles. The number of para-hydroxylation sites is 2. The maximum absolute atomic E-state index is 13.9. The van der Waals surface area contributed by atoms with Gasteiger partial charge in [0.15, 0.2) is 17.3 Å². The third kappa shape index (κ3) is 6.46. The summed E-state index contributed by atoms with van der Waals surface area (Å²) >= 11 is 0. The van der Waals surface area contributed by atoms with Crippen molar-refractivity contribution in [2.24, 2.45) is 5.92 Å². The Morgan fingerprint density at radius 1 is 0.872 bits per heavy atom. The number of amides is 1. The highest BCUT2D eigenvalue weighted by Crippen LogP contribution is 2.41. The normalized spacial score (nSPS) is 18.9. The van der Waals surface area contributed by atoms with Crippen LogP contribution in [0.4, 0.5) is 0 Å². The van der Waals surface area contributed by atoms with Crippen LogP contribution in [0.2, 0.25) is 0 Å². The molecule has 0 aliphatic carbocycles. The molecule has 0 radical (unpaired) electrons. The highest BCUT2D eigenvalue weighted by molar-refractivity contribution is 5.98. The van der Waals surface area contributed by atoms with Gasteiger partial charge in [-0.1, -0.05) is 49.4 Å².